The number of halogens is 1. The van der Waals surface area contributed by atoms with Gasteiger partial charge in [-0.15, -0.1) is 0 Å². The van der Waals surface area contributed by atoms with Crippen LogP contribution in [0.5, 0.6) is 0 Å². The lowest BCUT2D eigenvalue weighted by Gasteiger charge is -2.35. The van der Waals surface area contributed by atoms with Crippen molar-refractivity contribution in [1.82, 2.24) is 9.88 Å². The smallest absolute Gasteiger partial charge is 0.289 e. The van der Waals surface area contributed by atoms with Gasteiger partial charge in [-0.05, 0) is 58.4 Å². The molecule has 0 aliphatic carbocycles. The lowest BCUT2D eigenvalue weighted by molar-refractivity contribution is 0.0717. The van der Waals surface area contributed by atoms with Gasteiger partial charge in [0.05, 0.1) is 5.56 Å². The third kappa shape index (κ3) is 4.61. The molecule has 7 nitrogen and oxygen atoms in total. The Bertz CT molecular complexity index is 1280. The lowest BCUT2D eigenvalue weighted by Crippen LogP contribution is -2.48. The van der Waals surface area contributed by atoms with Gasteiger partial charge in [0.15, 0.2) is 5.76 Å². The summed E-state index contributed by atoms with van der Waals surface area (Å²) >= 11 is 3.33. The Hall–Kier alpha value is -3.65. The fourth-order valence-electron chi connectivity index (χ4n) is 3.91. The molecule has 33 heavy (non-hydrogen) atoms. The number of nitrogens with one attached hydrogen (secondary N) is 1. The molecule has 8 heteroatoms. The number of amides is 2. The summed E-state index contributed by atoms with van der Waals surface area (Å²) in [6.07, 6.45) is 3.16. The minimum absolute atomic E-state index is 0.0778. The number of fused-ring (bicyclic) bond motifs is 1. The van der Waals surface area contributed by atoms with E-state index in [1.807, 2.05) is 53.4 Å². The molecular formula is C25H21BrN4O3. The summed E-state index contributed by atoms with van der Waals surface area (Å²) in [5, 5.41) is 3.82. The van der Waals surface area contributed by atoms with Gasteiger partial charge in [-0.3, -0.25) is 14.6 Å². The van der Waals surface area contributed by atoms with Crippen LogP contribution >= 0.6 is 15.9 Å². The Morgan fingerprint density at radius 1 is 0.939 bits per heavy atom. The summed E-state index contributed by atoms with van der Waals surface area (Å²) in [5.74, 6) is 0.0885. The van der Waals surface area contributed by atoms with Gasteiger partial charge in [-0.1, -0.05) is 18.2 Å². The van der Waals surface area contributed by atoms with Gasteiger partial charge < -0.3 is 19.5 Å². The average Bonchev–Trinajstić information content (AvgIpc) is 3.29. The number of furan rings is 1. The second-order valence-corrected chi connectivity index (χ2v) is 8.74. The van der Waals surface area contributed by atoms with Crippen LogP contribution in [0.4, 0.5) is 11.4 Å². The quantitative estimate of drug-likeness (QED) is 0.431. The van der Waals surface area contributed by atoms with Gasteiger partial charge in [0, 0.05) is 59.8 Å². The number of rotatable bonds is 4. The van der Waals surface area contributed by atoms with E-state index in [2.05, 4.69) is 31.1 Å². The Morgan fingerprint density at radius 2 is 1.70 bits per heavy atom. The molecule has 0 spiro atoms. The molecule has 0 radical (unpaired) electrons. The fourth-order valence-corrected chi connectivity index (χ4v) is 4.27. The van der Waals surface area contributed by atoms with Crippen LogP contribution < -0.4 is 10.2 Å². The molecule has 4 aromatic rings. The maximum atomic E-state index is 12.9. The van der Waals surface area contributed by atoms with E-state index in [1.165, 1.54) is 6.20 Å². The molecule has 0 unspecified atom stereocenters. The molecule has 2 amide bonds. The number of aromatic nitrogens is 1. The molecular weight excluding hydrogens is 484 g/mol. The first-order chi connectivity index (χ1) is 16.1. The summed E-state index contributed by atoms with van der Waals surface area (Å²) < 4.78 is 6.49. The Kier molecular flexibility index (Phi) is 5.83. The van der Waals surface area contributed by atoms with Crippen LogP contribution in [-0.4, -0.2) is 47.9 Å². The largest absolute Gasteiger partial charge is 0.451 e. The van der Waals surface area contributed by atoms with Crippen molar-refractivity contribution < 1.29 is 14.0 Å². The number of hydrogen-bond donors (Lipinski definition) is 1. The van der Waals surface area contributed by atoms with Crippen LogP contribution in [0, 0.1) is 0 Å². The number of carbonyl (C=O) groups excluding carboxylic acids is 2. The van der Waals surface area contributed by atoms with Crippen LogP contribution in [-0.2, 0) is 0 Å². The number of piperazine rings is 1. The minimum atomic E-state index is -0.214. The first kappa shape index (κ1) is 21.2. The molecule has 2 aromatic heterocycles. The maximum absolute atomic E-state index is 12.9. The molecule has 2 aromatic carbocycles. The minimum Gasteiger partial charge on any atom is -0.451 e. The van der Waals surface area contributed by atoms with E-state index in [0.29, 0.717) is 30.1 Å². The highest BCUT2D eigenvalue weighted by Crippen LogP contribution is 2.23. The first-order valence-electron chi connectivity index (χ1n) is 10.6. The number of carbonyl (C=O) groups is 2. The molecule has 1 aliphatic rings. The standard InChI is InChI=1S/C25H21BrN4O3/c26-19-13-18(15-27-16-19)24(31)28-20-5-7-21(8-6-20)29-9-11-30(12-10-29)25(32)23-14-17-3-1-2-4-22(17)33-23/h1-8,13-16H,9-12H2,(H,28,31). The summed E-state index contributed by atoms with van der Waals surface area (Å²) in [7, 11) is 0. The Labute approximate surface area is 199 Å². The van der Waals surface area contributed by atoms with E-state index in [4.69, 9.17) is 4.42 Å². The molecule has 5 rings (SSSR count). The van der Waals surface area contributed by atoms with E-state index >= 15 is 0 Å². The van der Waals surface area contributed by atoms with Crippen molar-refractivity contribution in [2.24, 2.45) is 0 Å². The van der Waals surface area contributed by atoms with Crippen LogP contribution in [0.15, 0.2) is 81.9 Å². The first-order valence-corrected chi connectivity index (χ1v) is 11.4. The van der Waals surface area contributed by atoms with Crippen molar-refractivity contribution in [1.29, 1.82) is 0 Å². The molecule has 0 atom stereocenters. The number of pyridine rings is 1. The van der Waals surface area contributed by atoms with Crippen LogP contribution in [0.25, 0.3) is 11.0 Å². The SMILES string of the molecule is O=C(Nc1ccc(N2CCN(C(=O)c3cc4ccccc4o3)CC2)cc1)c1cncc(Br)c1. The third-order valence-electron chi connectivity index (χ3n) is 5.66. The van der Waals surface area contributed by atoms with Gasteiger partial charge >= 0.3 is 0 Å². The van der Waals surface area contributed by atoms with Gasteiger partial charge in [-0.25, -0.2) is 0 Å². The predicted molar refractivity (Wildman–Crippen MR) is 131 cm³/mol. The molecule has 0 saturated carbocycles. The van der Waals surface area contributed by atoms with Gasteiger partial charge in [0.25, 0.3) is 11.8 Å². The highest BCUT2D eigenvalue weighted by atomic mass is 79.9. The van der Waals surface area contributed by atoms with Crippen molar-refractivity contribution in [3.63, 3.8) is 0 Å². The zero-order valence-corrected chi connectivity index (χ0v) is 19.3. The molecule has 1 aliphatic heterocycles. The zero-order chi connectivity index (χ0) is 22.8. The molecule has 1 N–H and O–H groups in total. The number of nitrogens with zero attached hydrogens (tertiary/aromatic N) is 3. The van der Waals surface area contributed by atoms with Crippen LogP contribution in [0.1, 0.15) is 20.9 Å². The lowest BCUT2D eigenvalue weighted by atomic mass is 10.2. The van der Waals surface area contributed by atoms with Gasteiger partial charge in [-0.2, -0.15) is 0 Å². The van der Waals surface area contributed by atoms with Crippen molar-refractivity contribution in [2.75, 3.05) is 36.4 Å². The maximum Gasteiger partial charge on any atom is 0.289 e. The monoisotopic (exact) mass is 504 g/mol. The second-order valence-electron chi connectivity index (χ2n) is 7.82. The van der Waals surface area contributed by atoms with Crippen molar-refractivity contribution in [3.8, 4) is 0 Å². The van der Waals surface area contributed by atoms with Gasteiger partial charge in [0.1, 0.15) is 5.58 Å². The normalized spacial score (nSPS) is 13.8. The summed E-state index contributed by atoms with van der Waals surface area (Å²) in [6, 6.07) is 18.9. The number of para-hydroxylation sites is 1. The van der Waals surface area contributed by atoms with E-state index < -0.39 is 0 Å². The summed E-state index contributed by atoms with van der Waals surface area (Å²) in [6.45, 7) is 2.68. The van der Waals surface area contributed by atoms with Crippen molar-refractivity contribution in [3.05, 3.63) is 88.9 Å². The number of benzene rings is 2. The highest BCUT2D eigenvalue weighted by Gasteiger charge is 2.24. The summed E-state index contributed by atoms with van der Waals surface area (Å²) in [4.78, 5) is 33.3. The average molecular weight is 505 g/mol. The molecule has 0 bridgehead atoms. The van der Waals surface area contributed by atoms with E-state index in [9.17, 15) is 9.59 Å². The van der Waals surface area contributed by atoms with Crippen LogP contribution in [0.3, 0.4) is 0 Å². The Morgan fingerprint density at radius 3 is 2.42 bits per heavy atom. The predicted octanol–water partition coefficient (Wildman–Crippen LogP) is 4.81. The fraction of sp³-hybridized carbons (Fsp3) is 0.160. The van der Waals surface area contributed by atoms with Crippen LogP contribution in [0.2, 0.25) is 0 Å². The van der Waals surface area contributed by atoms with Gasteiger partial charge in [0.2, 0.25) is 0 Å². The second kappa shape index (κ2) is 9.07. The third-order valence-corrected chi connectivity index (χ3v) is 6.09. The number of hydrogen-bond acceptors (Lipinski definition) is 5. The number of anilines is 2. The molecule has 1 saturated heterocycles. The zero-order valence-electron chi connectivity index (χ0n) is 17.7. The highest BCUT2D eigenvalue weighted by molar-refractivity contribution is 9.10. The molecule has 1 fully saturated rings. The molecule has 3 heterocycles. The van der Waals surface area contributed by atoms with E-state index in [1.54, 1.807) is 18.3 Å². The summed E-state index contributed by atoms with van der Waals surface area (Å²) in [5.41, 5.74) is 2.97. The van der Waals surface area contributed by atoms with E-state index in [-0.39, 0.29) is 11.8 Å². The van der Waals surface area contributed by atoms with E-state index in [0.717, 1.165) is 34.2 Å². The van der Waals surface area contributed by atoms with Crippen molar-refractivity contribution in [2.45, 2.75) is 0 Å². The topological polar surface area (TPSA) is 78.7 Å². The molecule has 166 valence electrons. The van der Waals surface area contributed by atoms with Crippen molar-refractivity contribution >= 4 is 50.1 Å². The Balaban J connectivity index is 1.18.